The van der Waals surface area contributed by atoms with Crippen molar-refractivity contribution in [2.24, 2.45) is 0 Å². The van der Waals surface area contributed by atoms with E-state index in [4.69, 9.17) is 16.3 Å². The summed E-state index contributed by atoms with van der Waals surface area (Å²) >= 11 is 7.60. The number of carbonyl (C=O) groups is 3. The van der Waals surface area contributed by atoms with Gasteiger partial charge in [0, 0.05) is 16.0 Å². The molecule has 0 fully saturated rings. The topological polar surface area (TPSA) is 63.7 Å². The minimum Gasteiger partial charge on any atom is -0.462 e. The number of esters is 1. The van der Waals surface area contributed by atoms with Crippen molar-refractivity contribution in [3.8, 4) is 0 Å². The van der Waals surface area contributed by atoms with Gasteiger partial charge >= 0.3 is 5.97 Å². The van der Waals surface area contributed by atoms with Crippen molar-refractivity contribution < 1.29 is 19.1 Å². The smallest absolute Gasteiger partial charge is 0.341 e. The number of halogens is 1. The van der Waals surface area contributed by atoms with Crippen molar-refractivity contribution in [2.45, 2.75) is 26.7 Å². The summed E-state index contributed by atoms with van der Waals surface area (Å²) in [4.78, 5) is 39.9. The van der Waals surface area contributed by atoms with Gasteiger partial charge in [0.05, 0.1) is 17.7 Å². The summed E-state index contributed by atoms with van der Waals surface area (Å²) < 4.78 is 5.25. The predicted molar refractivity (Wildman–Crippen MR) is 132 cm³/mol. The first kappa shape index (κ1) is 23.0. The van der Waals surface area contributed by atoms with Crippen molar-refractivity contribution in [3.63, 3.8) is 0 Å². The highest BCUT2D eigenvalue weighted by Crippen LogP contribution is 2.38. The Morgan fingerprint density at radius 1 is 1.06 bits per heavy atom. The first-order valence-electron chi connectivity index (χ1n) is 10.6. The molecule has 33 heavy (non-hydrogen) atoms. The summed E-state index contributed by atoms with van der Waals surface area (Å²) in [5, 5.41) is 2.59. The summed E-state index contributed by atoms with van der Waals surface area (Å²) in [5.74, 6) is -1.14. The van der Waals surface area contributed by atoms with Crippen LogP contribution in [0.3, 0.4) is 0 Å². The molecule has 1 aliphatic heterocycles. The number of thiophene rings is 1. The van der Waals surface area contributed by atoms with Gasteiger partial charge in [0.1, 0.15) is 10.6 Å². The predicted octanol–water partition coefficient (Wildman–Crippen LogP) is 6.67. The van der Waals surface area contributed by atoms with E-state index in [1.165, 1.54) is 0 Å². The van der Waals surface area contributed by atoms with Crippen LogP contribution in [0.15, 0.2) is 47.8 Å². The molecule has 2 aromatic carbocycles. The van der Waals surface area contributed by atoms with E-state index in [9.17, 15) is 14.4 Å². The van der Waals surface area contributed by atoms with Crippen LogP contribution in [-0.2, 0) is 4.74 Å². The Hall–Kier alpha value is -3.22. The van der Waals surface area contributed by atoms with Gasteiger partial charge < -0.3 is 4.74 Å². The molecular formula is C26H22ClNO4S. The van der Waals surface area contributed by atoms with Gasteiger partial charge in [-0.25, -0.2) is 9.69 Å². The van der Waals surface area contributed by atoms with Crippen LogP contribution >= 0.6 is 22.9 Å². The van der Waals surface area contributed by atoms with Gasteiger partial charge in [-0.05, 0) is 42.2 Å². The van der Waals surface area contributed by atoms with E-state index in [1.54, 1.807) is 42.6 Å². The average Bonchev–Trinajstić information content (AvgIpc) is 3.31. The number of carbonyl (C=O) groups excluding carboxylic acids is 3. The molecule has 0 atom stereocenters. The molecule has 0 aliphatic carbocycles. The summed E-state index contributed by atoms with van der Waals surface area (Å²) in [6.07, 6.45) is 3.56. The summed E-state index contributed by atoms with van der Waals surface area (Å²) in [5.41, 5.74) is 3.30. The Morgan fingerprint density at radius 2 is 1.70 bits per heavy atom. The summed E-state index contributed by atoms with van der Waals surface area (Å²) in [6.45, 7) is 6.07. The van der Waals surface area contributed by atoms with Gasteiger partial charge in [-0.15, -0.1) is 11.3 Å². The van der Waals surface area contributed by atoms with Crippen LogP contribution in [0.4, 0.5) is 5.00 Å². The number of rotatable bonds is 6. The van der Waals surface area contributed by atoms with E-state index in [2.05, 4.69) is 13.8 Å². The molecule has 0 radical (unpaired) electrons. The third-order valence-corrected chi connectivity index (χ3v) is 6.72. The molecule has 0 saturated heterocycles. The molecule has 0 saturated carbocycles. The molecule has 2 amide bonds. The number of nitrogens with zero attached hydrogens (tertiary/aromatic N) is 1. The van der Waals surface area contributed by atoms with Crippen LogP contribution in [0.2, 0.25) is 5.02 Å². The molecule has 7 heteroatoms. The number of amides is 2. The minimum atomic E-state index is -0.591. The number of hydrogen-bond donors (Lipinski definition) is 0. The van der Waals surface area contributed by atoms with Gasteiger partial charge in [0.25, 0.3) is 11.8 Å². The molecule has 1 aromatic heterocycles. The lowest BCUT2D eigenvalue weighted by molar-refractivity contribution is 0.0527. The first-order valence-corrected chi connectivity index (χ1v) is 11.8. The lowest BCUT2D eigenvalue weighted by Crippen LogP contribution is -2.30. The minimum absolute atomic E-state index is 0.169. The molecule has 0 unspecified atom stereocenters. The lowest BCUT2D eigenvalue weighted by atomic mass is 10.0. The van der Waals surface area contributed by atoms with Crippen molar-refractivity contribution in [2.75, 3.05) is 11.5 Å². The third kappa shape index (κ3) is 4.24. The van der Waals surface area contributed by atoms with Crippen molar-refractivity contribution in [1.29, 1.82) is 0 Å². The monoisotopic (exact) mass is 479 g/mol. The Kier molecular flexibility index (Phi) is 6.49. The lowest BCUT2D eigenvalue weighted by Gasteiger charge is -2.14. The highest BCUT2D eigenvalue weighted by atomic mass is 35.5. The number of benzene rings is 2. The molecule has 0 N–H and O–H groups in total. The quantitative estimate of drug-likeness (QED) is 0.292. The Morgan fingerprint density at radius 3 is 2.27 bits per heavy atom. The first-order chi connectivity index (χ1) is 15.8. The van der Waals surface area contributed by atoms with E-state index in [0.29, 0.717) is 27.6 Å². The maximum Gasteiger partial charge on any atom is 0.341 e. The van der Waals surface area contributed by atoms with Crippen molar-refractivity contribution in [3.05, 3.63) is 86.2 Å². The fourth-order valence-electron chi connectivity index (χ4n) is 3.65. The highest BCUT2D eigenvalue weighted by molar-refractivity contribution is 7.15. The zero-order valence-electron chi connectivity index (χ0n) is 18.4. The molecule has 3 aromatic rings. The van der Waals surface area contributed by atoms with Crippen LogP contribution in [0.1, 0.15) is 74.5 Å². The molecule has 0 bridgehead atoms. The maximum atomic E-state index is 13.0. The zero-order valence-corrected chi connectivity index (χ0v) is 20.0. The molecular weight excluding hydrogens is 458 g/mol. The second kappa shape index (κ2) is 9.33. The highest BCUT2D eigenvalue weighted by Gasteiger charge is 2.39. The van der Waals surface area contributed by atoms with E-state index in [-0.39, 0.29) is 17.2 Å². The second-order valence-electron chi connectivity index (χ2n) is 7.85. The Bertz CT molecular complexity index is 1260. The number of imide groups is 1. The van der Waals surface area contributed by atoms with Gasteiger partial charge in [-0.1, -0.05) is 61.9 Å². The maximum absolute atomic E-state index is 13.0. The molecule has 0 spiro atoms. The van der Waals surface area contributed by atoms with Crippen molar-refractivity contribution >= 4 is 57.9 Å². The van der Waals surface area contributed by atoms with E-state index >= 15 is 0 Å². The van der Waals surface area contributed by atoms with Gasteiger partial charge in [0.15, 0.2) is 0 Å². The van der Waals surface area contributed by atoms with Gasteiger partial charge in [0.2, 0.25) is 0 Å². The normalized spacial score (nSPS) is 13.3. The summed E-state index contributed by atoms with van der Waals surface area (Å²) in [7, 11) is 0. The van der Waals surface area contributed by atoms with Gasteiger partial charge in [-0.2, -0.15) is 0 Å². The van der Waals surface area contributed by atoms with Crippen LogP contribution < -0.4 is 4.90 Å². The van der Waals surface area contributed by atoms with E-state index < -0.39 is 17.8 Å². The Labute approximate surface area is 201 Å². The largest absolute Gasteiger partial charge is 0.462 e. The van der Waals surface area contributed by atoms with Crippen LogP contribution in [0, 0.1) is 0 Å². The molecule has 2 heterocycles. The Balaban J connectivity index is 1.74. The fraction of sp³-hybridized carbons (Fsp3) is 0.192. The van der Waals surface area contributed by atoms with E-state index in [0.717, 1.165) is 27.4 Å². The van der Waals surface area contributed by atoms with Crippen LogP contribution in [0.5, 0.6) is 0 Å². The average molecular weight is 480 g/mol. The molecule has 4 rings (SSSR count). The second-order valence-corrected chi connectivity index (χ2v) is 9.12. The molecule has 5 nitrogen and oxygen atoms in total. The van der Waals surface area contributed by atoms with Crippen molar-refractivity contribution in [1.82, 2.24) is 0 Å². The molecule has 168 valence electrons. The number of hydrogen-bond acceptors (Lipinski definition) is 5. The zero-order chi connectivity index (χ0) is 23.7. The third-order valence-electron chi connectivity index (χ3n) is 5.41. The fourth-order valence-corrected chi connectivity index (χ4v) is 4.92. The van der Waals surface area contributed by atoms with E-state index in [1.807, 2.05) is 24.3 Å². The number of anilines is 1. The van der Waals surface area contributed by atoms with Gasteiger partial charge in [-0.3, -0.25) is 9.59 Å². The standard InChI is InChI=1S/C26H22ClNO4S/c1-4-32-26(31)22-18(12-10-16-9-11-17(15(2)3)13-21(16)27)14-33-25(22)28-23(29)19-7-5-6-8-20(19)24(28)30/h5-15H,4H2,1-3H3. The molecule has 1 aliphatic rings. The SMILES string of the molecule is CCOC(=O)c1c(C=Cc2ccc(C(C)C)cc2Cl)csc1N1C(=O)c2ccccc2C1=O. The summed E-state index contributed by atoms with van der Waals surface area (Å²) in [6, 6.07) is 12.5. The van der Waals surface area contributed by atoms with Crippen LogP contribution in [-0.4, -0.2) is 24.4 Å². The van der Waals surface area contributed by atoms with Crippen LogP contribution in [0.25, 0.3) is 12.2 Å². The number of fused-ring (bicyclic) bond motifs is 1. The number of ether oxygens (including phenoxy) is 1.